The second-order valence-electron chi connectivity index (χ2n) is 3.51. The van der Waals surface area contributed by atoms with E-state index in [0.717, 1.165) is 5.56 Å². The van der Waals surface area contributed by atoms with Gasteiger partial charge in [0.1, 0.15) is 11.5 Å². The number of hydrogen-bond acceptors (Lipinski definition) is 3. The van der Waals surface area contributed by atoms with E-state index < -0.39 is 6.09 Å². The van der Waals surface area contributed by atoms with Crippen LogP contribution >= 0.6 is 0 Å². The molecule has 1 aromatic rings. The Balaban J connectivity index is 2.92. The van der Waals surface area contributed by atoms with E-state index in [1.165, 1.54) is 13.1 Å². The molecular weight excluding hydrogens is 194 g/mol. The predicted molar refractivity (Wildman–Crippen MR) is 57.3 cm³/mol. The zero-order chi connectivity index (χ0) is 11.4. The third-order valence-electron chi connectivity index (χ3n) is 2.04. The monoisotopic (exact) mass is 209 g/mol. The fourth-order valence-corrected chi connectivity index (χ4v) is 1.22. The van der Waals surface area contributed by atoms with Gasteiger partial charge in [-0.05, 0) is 24.1 Å². The van der Waals surface area contributed by atoms with Crippen LogP contribution in [0, 0.1) is 0 Å². The summed E-state index contributed by atoms with van der Waals surface area (Å²) in [5, 5.41) is 11.9. The van der Waals surface area contributed by atoms with Crippen molar-refractivity contribution in [3.63, 3.8) is 0 Å². The van der Waals surface area contributed by atoms with Crippen LogP contribution in [0.4, 0.5) is 4.79 Å². The molecule has 0 heterocycles. The average molecular weight is 209 g/mol. The molecule has 0 aromatic heterocycles. The van der Waals surface area contributed by atoms with Gasteiger partial charge in [-0.1, -0.05) is 13.8 Å². The molecule has 0 atom stereocenters. The second kappa shape index (κ2) is 4.68. The zero-order valence-corrected chi connectivity index (χ0v) is 9.07. The number of carbonyl (C=O) groups excluding carboxylic acids is 1. The van der Waals surface area contributed by atoms with Crippen molar-refractivity contribution in [2.24, 2.45) is 0 Å². The maximum absolute atomic E-state index is 11.0. The Hall–Kier alpha value is -1.71. The van der Waals surface area contributed by atoms with Crippen LogP contribution in [-0.4, -0.2) is 18.2 Å². The number of ether oxygens (including phenoxy) is 1. The van der Waals surface area contributed by atoms with E-state index in [4.69, 9.17) is 4.74 Å². The highest BCUT2D eigenvalue weighted by atomic mass is 16.5. The first kappa shape index (κ1) is 11.4. The summed E-state index contributed by atoms with van der Waals surface area (Å²) in [4.78, 5) is 11.0. The number of amides is 1. The lowest BCUT2D eigenvalue weighted by molar-refractivity contribution is 0.203. The van der Waals surface area contributed by atoms with Crippen LogP contribution in [0.25, 0.3) is 0 Å². The maximum Gasteiger partial charge on any atom is 0.412 e. The van der Waals surface area contributed by atoms with Crippen molar-refractivity contribution >= 4 is 6.09 Å². The van der Waals surface area contributed by atoms with Gasteiger partial charge in [-0.15, -0.1) is 0 Å². The van der Waals surface area contributed by atoms with Crippen LogP contribution in [0.5, 0.6) is 11.5 Å². The van der Waals surface area contributed by atoms with Crippen LogP contribution in [0.3, 0.4) is 0 Å². The molecule has 82 valence electrons. The Labute approximate surface area is 88.9 Å². The molecule has 0 spiro atoms. The van der Waals surface area contributed by atoms with Crippen molar-refractivity contribution in [3.05, 3.63) is 23.8 Å². The average Bonchev–Trinajstić information content (AvgIpc) is 2.20. The number of nitrogens with one attached hydrogen (secondary N) is 1. The Morgan fingerprint density at radius 1 is 1.47 bits per heavy atom. The van der Waals surface area contributed by atoms with Gasteiger partial charge in [-0.3, -0.25) is 0 Å². The van der Waals surface area contributed by atoms with Gasteiger partial charge in [-0.25, -0.2) is 4.79 Å². The minimum atomic E-state index is -0.518. The minimum absolute atomic E-state index is 0.179. The van der Waals surface area contributed by atoms with E-state index in [-0.39, 0.29) is 11.7 Å². The zero-order valence-electron chi connectivity index (χ0n) is 9.07. The summed E-state index contributed by atoms with van der Waals surface area (Å²) in [7, 11) is 1.49. The van der Waals surface area contributed by atoms with Gasteiger partial charge in [-0.2, -0.15) is 0 Å². The minimum Gasteiger partial charge on any atom is -0.508 e. The Kier molecular flexibility index (Phi) is 3.55. The topological polar surface area (TPSA) is 58.6 Å². The van der Waals surface area contributed by atoms with Gasteiger partial charge in [0.2, 0.25) is 0 Å². The third-order valence-corrected chi connectivity index (χ3v) is 2.04. The lowest BCUT2D eigenvalue weighted by atomic mass is 10.0. The van der Waals surface area contributed by atoms with Crippen molar-refractivity contribution in [2.75, 3.05) is 7.05 Å². The smallest absolute Gasteiger partial charge is 0.412 e. The normalized spacial score (nSPS) is 10.1. The van der Waals surface area contributed by atoms with Crippen LogP contribution in [-0.2, 0) is 0 Å². The SMILES string of the molecule is CNC(=O)Oc1ccc(O)c(C(C)C)c1. The van der Waals surface area contributed by atoms with Crippen molar-refractivity contribution in [3.8, 4) is 11.5 Å². The van der Waals surface area contributed by atoms with Crippen molar-refractivity contribution in [2.45, 2.75) is 19.8 Å². The lowest BCUT2D eigenvalue weighted by Gasteiger charge is -2.10. The van der Waals surface area contributed by atoms with E-state index in [1.807, 2.05) is 13.8 Å². The molecule has 0 bridgehead atoms. The highest BCUT2D eigenvalue weighted by Crippen LogP contribution is 2.29. The molecule has 0 saturated heterocycles. The summed E-state index contributed by atoms with van der Waals surface area (Å²) in [6, 6.07) is 4.74. The fraction of sp³-hybridized carbons (Fsp3) is 0.364. The van der Waals surface area contributed by atoms with Crippen molar-refractivity contribution in [1.82, 2.24) is 5.32 Å². The molecule has 0 saturated carbocycles. The van der Waals surface area contributed by atoms with Crippen molar-refractivity contribution in [1.29, 1.82) is 0 Å². The van der Waals surface area contributed by atoms with Crippen LogP contribution in [0.15, 0.2) is 18.2 Å². The van der Waals surface area contributed by atoms with Gasteiger partial charge in [0.25, 0.3) is 0 Å². The fourth-order valence-electron chi connectivity index (χ4n) is 1.22. The van der Waals surface area contributed by atoms with E-state index in [9.17, 15) is 9.90 Å². The van der Waals surface area contributed by atoms with Crippen LogP contribution in [0.2, 0.25) is 0 Å². The summed E-state index contributed by atoms with van der Waals surface area (Å²) in [5.41, 5.74) is 0.761. The lowest BCUT2D eigenvalue weighted by Crippen LogP contribution is -2.22. The molecule has 1 aromatic carbocycles. The molecule has 15 heavy (non-hydrogen) atoms. The summed E-state index contributed by atoms with van der Waals surface area (Å²) < 4.78 is 4.95. The molecule has 4 heteroatoms. The number of benzene rings is 1. The Morgan fingerprint density at radius 3 is 2.67 bits per heavy atom. The predicted octanol–water partition coefficient (Wildman–Crippen LogP) is 2.23. The summed E-state index contributed by atoms with van der Waals surface area (Å²) in [6.45, 7) is 3.91. The van der Waals surface area contributed by atoms with Crippen LogP contribution in [0.1, 0.15) is 25.3 Å². The van der Waals surface area contributed by atoms with Gasteiger partial charge in [0.15, 0.2) is 0 Å². The molecule has 0 radical (unpaired) electrons. The Morgan fingerprint density at radius 2 is 2.13 bits per heavy atom. The quantitative estimate of drug-likeness (QED) is 0.785. The molecule has 0 aliphatic rings. The van der Waals surface area contributed by atoms with Gasteiger partial charge in [0.05, 0.1) is 0 Å². The van der Waals surface area contributed by atoms with E-state index >= 15 is 0 Å². The molecule has 0 unspecified atom stereocenters. The first-order valence-electron chi connectivity index (χ1n) is 4.77. The molecular formula is C11H15NO3. The molecule has 2 N–H and O–H groups in total. The van der Waals surface area contributed by atoms with Crippen molar-refractivity contribution < 1.29 is 14.6 Å². The number of aromatic hydroxyl groups is 1. The van der Waals surface area contributed by atoms with Crippen LogP contribution < -0.4 is 10.1 Å². The van der Waals surface area contributed by atoms with E-state index in [2.05, 4.69) is 5.32 Å². The standard InChI is InChI=1S/C11H15NO3/c1-7(2)9-6-8(4-5-10(9)13)15-11(14)12-3/h4-7,13H,1-3H3,(H,12,14). The van der Waals surface area contributed by atoms with Gasteiger partial charge in [0, 0.05) is 12.6 Å². The first-order valence-corrected chi connectivity index (χ1v) is 4.77. The highest BCUT2D eigenvalue weighted by molar-refractivity contribution is 5.70. The molecule has 0 aliphatic heterocycles. The second-order valence-corrected chi connectivity index (χ2v) is 3.51. The largest absolute Gasteiger partial charge is 0.508 e. The highest BCUT2D eigenvalue weighted by Gasteiger charge is 2.09. The first-order chi connectivity index (χ1) is 7.04. The van der Waals surface area contributed by atoms with E-state index in [1.54, 1.807) is 12.1 Å². The molecule has 0 aliphatic carbocycles. The number of carbonyl (C=O) groups is 1. The number of phenolic OH excluding ortho intramolecular Hbond substituents is 1. The molecule has 4 nitrogen and oxygen atoms in total. The molecule has 1 rings (SSSR count). The van der Waals surface area contributed by atoms with E-state index in [0.29, 0.717) is 5.75 Å². The Bertz CT molecular complexity index is 361. The van der Waals surface area contributed by atoms with Gasteiger partial charge < -0.3 is 15.2 Å². The maximum atomic E-state index is 11.0. The molecule has 1 amide bonds. The number of rotatable bonds is 2. The summed E-state index contributed by atoms with van der Waals surface area (Å²) in [5.74, 6) is 0.823. The molecule has 0 fully saturated rings. The number of phenols is 1. The summed E-state index contributed by atoms with van der Waals surface area (Å²) >= 11 is 0. The number of hydrogen-bond donors (Lipinski definition) is 2. The van der Waals surface area contributed by atoms with Gasteiger partial charge >= 0.3 is 6.09 Å². The summed E-state index contributed by atoms with van der Waals surface area (Å²) in [6.07, 6.45) is -0.518. The third kappa shape index (κ3) is 2.87.